The number of benzene rings is 3. The van der Waals surface area contributed by atoms with Gasteiger partial charge in [0.1, 0.15) is 16.8 Å². The van der Waals surface area contributed by atoms with E-state index in [2.05, 4.69) is 49.7 Å². The molecule has 2 saturated heterocycles. The number of hydrogen-bond donors (Lipinski definition) is 3. The zero-order valence-electron chi connectivity index (χ0n) is 35.8. The monoisotopic (exact) mass is 884 g/mol. The van der Waals surface area contributed by atoms with Gasteiger partial charge in [0.05, 0.1) is 39.9 Å². The SMILES string of the molecule is Cc1cc(Nc2ncc(Cl)c(Nc3ccccc3S(=O)(=O)C(C)C)n2)c(OC(C)C)cc1N1CCC(N(C)Cc2ccc3c(c2)C(C(=O)C=O)N(C2CCC(=O)NC2=O)C3)CC1. The third-order valence-corrected chi connectivity index (χ3v) is 14.3. The first-order valence-corrected chi connectivity index (χ1v) is 22.8. The number of piperidine rings is 2. The number of amides is 2. The Morgan fingerprint density at radius 3 is 2.47 bits per heavy atom. The minimum atomic E-state index is -3.59. The Morgan fingerprint density at radius 2 is 1.77 bits per heavy atom. The molecule has 4 aromatic rings. The van der Waals surface area contributed by atoms with Crippen LogP contribution in [0.2, 0.25) is 5.02 Å². The number of halogens is 1. The smallest absolute Gasteiger partial charge is 0.243 e. The molecule has 62 heavy (non-hydrogen) atoms. The number of ether oxygens (including phenoxy) is 1. The van der Waals surface area contributed by atoms with Crippen molar-refractivity contribution in [2.75, 3.05) is 35.7 Å². The Balaban J connectivity index is 1.03. The number of aldehydes is 1. The van der Waals surface area contributed by atoms with Gasteiger partial charge in [-0.3, -0.25) is 34.3 Å². The van der Waals surface area contributed by atoms with Gasteiger partial charge in [0.2, 0.25) is 23.5 Å². The number of carbonyl (C=O) groups excluding carboxylic acids is 4. The van der Waals surface area contributed by atoms with Crippen molar-refractivity contribution in [2.45, 2.75) is 108 Å². The zero-order valence-corrected chi connectivity index (χ0v) is 37.3. The lowest BCUT2D eigenvalue weighted by molar-refractivity contribution is -0.141. The molecule has 1 aromatic heterocycles. The lowest BCUT2D eigenvalue weighted by atomic mass is 9.96. The van der Waals surface area contributed by atoms with E-state index in [1.165, 1.54) is 6.20 Å². The standard InChI is InChI=1S/C45H53ClN8O7S/c1-26(2)61-39-21-37(28(5)19-35(39)49-45-47-22-33(46)43(51-45)48-34-9-7-8-10-40(34)62(59,60)27(3)4)53-17-15-31(16-18-53)52(6)23-29-11-12-30-24-54(36-13-14-41(57)50-44(36)58)42(32(30)20-29)38(56)25-55/h7-12,19-22,25-27,31,36,42H,13-18,23-24H2,1-6H3,(H,50,57,58)(H2,47,48,49,51). The van der Waals surface area contributed by atoms with E-state index in [4.69, 9.17) is 16.3 Å². The fraction of sp³-hybridized carbons (Fsp3) is 0.422. The molecule has 15 nitrogen and oxygen atoms in total. The molecule has 3 N–H and O–H groups in total. The van der Waals surface area contributed by atoms with E-state index in [-0.39, 0.29) is 40.1 Å². The predicted molar refractivity (Wildman–Crippen MR) is 238 cm³/mol. The van der Waals surface area contributed by atoms with Gasteiger partial charge < -0.3 is 20.3 Å². The number of nitrogens with one attached hydrogen (secondary N) is 3. The number of anilines is 5. The summed E-state index contributed by atoms with van der Waals surface area (Å²) >= 11 is 6.52. The fourth-order valence-corrected chi connectivity index (χ4v) is 9.88. The third kappa shape index (κ3) is 9.48. The maximum absolute atomic E-state index is 13.1. The van der Waals surface area contributed by atoms with E-state index < -0.39 is 38.9 Å². The molecule has 328 valence electrons. The number of carbonyl (C=O) groups is 4. The van der Waals surface area contributed by atoms with Crippen molar-refractivity contribution in [3.8, 4) is 5.75 Å². The van der Waals surface area contributed by atoms with Gasteiger partial charge in [0, 0.05) is 50.4 Å². The largest absolute Gasteiger partial charge is 0.489 e. The highest BCUT2D eigenvalue weighted by atomic mass is 35.5. The van der Waals surface area contributed by atoms with Crippen LogP contribution < -0.4 is 25.6 Å². The van der Waals surface area contributed by atoms with Crippen molar-refractivity contribution in [3.63, 3.8) is 0 Å². The Hall–Kier alpha value is -5.42. The molecule has 0 saturated carbocycles. The number of aromatic nitrogens is 2. The summed E-state index contributed by atoms with van der Waals surface area (Å²) in [4.78, 5) is 65.0. The molecule has 3 aromatic carbocycles. The van der Waals surface area contributed by atoms with Crippen molar-refractivity contribution in [3.05, 3.63) is 88.1 Å². The number of nitrogens with zero attached hydrogens (tertiary/aromatic N) is 5. The van der Waals surface area contributed by atoms with Crippen LogP contribution in [-0.4, -0.2) is 95.6 Å². The van der Waals surface area contributed by atoms with Crippen molar-refractivity contribution in [2.24, 2.45) is 0 Å². The maximum atomic E-state index is 13.1. The average Bonchev–Trinajstić information content (AvgIpc) is 3.61. The Morgan fingerprint density at radius 1 is 1.03 bits per heavy atom. The lowest BCUT2D eigenvalue weighted by Crippen LogP contribution is -2.52. The number of hydrogen-bond acceptors (Lipinski definition) is 14. The van der Waals surface area contributed by atoms with Crippen LogP contribution in [0.5, 0.6) is 5.75 Å². The lowest BCUT2D eigenvalue weighted by Gasteiger charge is -2.38. The molecule has 2 fully saturated rings. The molecule has 2 unspecified atom stereocenters. The van der Waals surface area contributed by atoms with E-state index >= 15 is 0 Å². The van der Waals surface area contributed by atoms with E-state index in [0.29, 0.717) is 49.0 Å². The number of Topliss-reactive ketones (excluding diaryl/α,β-unsaturated/α-hetero) is 1. The normalized spacial score (nSPS) is 18.6. The summed E-state index contributed by atoms with van der Waals surface area (Å²) in [5.74, 6) is -0.261. The van der Waals surface area contributed by atoms with Gasteiger partial charge in [0.25, 0.3) is 0 Å². The molecule has 0 spiro atoms. The molecule has 0 radical (unpaired) electrons. The molecule has 0 bridgehead atoms. The third-order valence-electron chi connectivity index (χ3n) is 11.8. The van der Waals surface area contributed by atoms with Gasteiger partial charge in [0.15, 0.2) is 21.9 Å². The second-order valence-corrected chi connectivity index (χ2v) is 19.6. The van der Waals surface area contributed by atoms with Crippen LogP contribution in [0.15, 0.2) is 65.7 Å². The van der Waals surface area contributed by atoms with E-state index in [1.807, 2.05) is 44.2 Å². The van der Waals surface area contributed by atoms with Gasteiger partial charge >= 0.3 is 0 Å². The van der Waals surface area contributed by atoms with Crippen LogP contribution in [0.1, 0.15) is 81.7 Å². The van der Waals surface area contributed by atoms with Crippen LogP contribution in [0.25, 0.3) is 0 Å². The fourth-order valence-electron chi connectivity index (χ4n) is 8.54. The zero-order chi connectivity index (χ0) is 44.5. The second-order valence-electron chi connectivity index (χ2n) is 16.8. The first-order valence-electron chi connectivity index (χ1n) is 20.9. The summed E-state index contributed by atoms with van der Waals surface area (Å²) < 4.78 is 32.5. The summed E-state index contributed by atoms with van der Waals surface area (Å²) in [5, 5.41) is 8.39. The number of para-hydroxylation sites is 1. The van der Waals surface area contributed by atoms with Crippen LogP contribution >= 0.6 is 11.6 Å². The van der Waals surface area contributed by atoms with Crippen molar-refractivity contribution >= 4 is 74.2 Å². The quantitative estimate of drug-likeness (QED) is 0.0675. The average molecular weight is 885 g/mol. The molecule has 17 heteroatoms. The first kappa shape index (κ1) is 44.6. The van der Waals surface area contributed by atoms with Gasteiger partial charge in [-0.15, -0.1) is 0 Å². The number of rotatable bonds is 15. The van der Waals surface area contributed by atoms with Gasteiger partial charge in [-0.25, -0.2) is 13.4 Å². The number of sulfone groups is 1. The van der Waals surface area contributed by atoms with Crippen molar-refractivity contribution < 1.29 is 32.3 Å². The molecule has 2 atom stereocenters. The highest BCUT2D eigenvalue weighted by Crippen LogP contribution is 2.40. The Labute approximate surface area is 367 Å². The molecule has 0 aliphatic carbocycles. The van der Waals surface area contributed by atoms with E-state index in [9.17, 15) is 27.6 Å². The minimum absolute atomic E-state index is 0.125. The predicted octanol–water partition coefficient (Wildman–Crippen LogP) is 6.43. The van der Waals surface area contributed by atoms with Crippen molar-refractivity contribution in [1.29, 1.82) is 0 Å². The maximum Gasteiger partial charge on any atom is 0.243 e. The molecule has 3 aliphatic rings. The first-order chi connectivity index (χ1) is 29.5. The number of fused-ring (bicyclic) bond motifs is 1. The summed E-state index contributed by atoms with van der Waals surface area (Å²) in [6, 6.07) is 15.5. The van der Waals surface area contributed by atoms with Crippen LogP contribution in [0.3, 0.4) is 0 Å². The second kappa shape index (κ2) is 18.5. The van der Waals surface area contributed by atoms with Crippen LogP contribution in [0, 0.1) is 6.92 Å². The van der Waals surface area contributed by atoms with E-state index in [0.717, 1.165) is 53.9 Å². The molecular weight excluding hydrogens is 832 g/mol. The number of aryl methyl sites for hydroxylation is 1. The van der Waals surface area contributed by atoms with Gasteiger partial charge in [-0.05, 0) is 101 Å². The van der Waals surface area contributed by atoms with Gasteiger partial charge in [-0.2, -0.15) is 4.98 Å². The Bertz CT molecular complexity index is 2490. The molecule has 3 aliphatic heterocycles. The van der Waals surface area contributed by atoms with Crippen molar-refractivity contribution in [1.82, 2.24) is 25.1 Å². The highest BCUT2D eigenvalue weighted by molar-refractivity contribution is 7.92. The molecular formula is C45H53ClN8O7S. The minimum Gasteiger partial charge on any atom is -0.489 e. The van der Waals surface area contributed by atoms with Crippen LogP contribution in [0.4, 0.5) is 28.8 Å². The summed E-state index contributed by atoms with van der Waals surface area (Å²) in [6.07, 6.45) is 3.96. The highest BCUT2D eigenvalue weighted by Gasteiger charge is 2.43. The van der Waals surface area contributed by atoms with E-state index in [1.54, 1.807) is 43.0 Å². The van der Waals surface area contributed by atoms with Crippen LogP contribution in [-0.2, 0) is 42.1 Å². The van der Waals surface area contributed by atoms with Gasteiger partial charge in [-0.1, -0.05) is 41.9 Å². The number of ketones is 1. The molecule has 2 amide bonds. The molecule has 4 heterocycles. The summed E-state index contributed by atoms with van der Waals surface area (Å²) in [5.41, 5.74) is 5.75. The summed E-state index contributed by atoms with van der Waals surface area (Å²) in [6.45, 7) is 11.9. The summed E-state index contributed by atoms with van der Waals surface area (Å²) in [7, 11) is -1.49. The Kier molecular flexibility index (Phi) is 13.3. The number of imide groups is 1. The topological polar surface area (TPSA) is 183 Å². The molecule has 7 rings (SSSR count).